The van der Waals surface area contributed by atoms with E-state index in [1.165, 1.54) is 0 Å². The summed E-state index contributed by atoms with van der Waals surface area (Å²) < 4.78 is 24.7. The molecule has 2 rings (SSSR count). The third kappa shape index (κ3) is 3.12. The van der Waals surface area contributed by atoms with Crippen LogP contribution in [0.25, 0.3) is 0 Å². The van der Waals surface area contributed by atoms with Crippen molar-refractivity contribution in [3.05, 3.63) is 35.9 Å². The quantitative estimate of drug-likeness (QED) is 0.907. The average molecular weight is 266 g/mol. The lowest BCUT2D eigenvalue weighted by molar-refractivity contribution is 0.477. The van der Waals surface area contributed by atoms with Crippen LogP contribution in [0.3, 0.4) is 0 Å². The fourth-order valence-corrected chi connectivity index (χ4v) is 4.46. The first-order valence-electron chi connectivity index (χ1n) is 6.54. The summed E-state index contributed by atoms with van der Waals surface area (Å²) in [4.78, 5) is 0. The van der Waals surface area contributed by atoms with Crippen LogP contribution < -0.4 is 5.73 Å². The van der Waals surface area contributed by atoms with Crippen molar-refractivity contribution in [3.8, 4) is 0 Å². The predicted molar refractivity (Wildman–Crippen MR) is 72.8 cm³/mol. The number of hydrogen-bond acceptors (Lipinski definition) is 3. The number of benzene rings is 1. The lowest BCUT2D eigenvalue weighted by Crippen LogP contribution is -2.40. The average Bonchev–Trinajstić information content (AvgIpc) is 2.41. The number of sulfone groups is 1. The first-order valence-corrected chi connectivity index (χ1v) is 8.15. The molecule has 2 N–H and O–H groups in total. The minimum atomic E-state index is -3.19. The van der Waals surface area contributed by atoms with E-state index < -0.39 is 15.2 Å². The van der Waals surface area contributed by atoms with Gasteiger partial charge in [-0.3, -0.25) is 0 Å². The van der Waals surface area contributed by atoms with Crippen LogP contribution in [0.4, 0.5) is 0 Å². The van der Waals surface area contributed by atoms with Crippen LogP contribution >= 0.6 is 0 Å². The summed E-state index contributed by atoms with van der Waals surface area (Å²) in [6.45, 7) is 0. The first kappa shape index (κ1) is 13.6. The Morgan fingerprint density at radius 2 is 1.83 bits per heavy atom. The van der Waals surface area contributed by atoms with E-state index in [1.54, 1.807) is 12.1 Å². The van der Waals surface area contributed by atoms with Gasteiger partial charge in [0.15, 0.2) is 9.84 Å². The van der Waals surface area contributed by atoms with Gasteiger partial charge in [0.1, 0.15) is 5.37 Å². The highest BCUT2D eigenvalue weighted by Crippen LogP contribution is 2.26. The lowest BCUT2D eigenvalue weighted by Gasteiger charge is -2.25. The highest BCUT2D eigenvalue weighted by atomic mass is 32.2. The van der Waals surface area contributed by atoms with Crippen LogP contribution in [0.15, 0.2) is 24.3 Å². The summed E-state index contributed by atoms with van der Waals surface area (Å²) in [6, 6.07) is 10.2. The summed E-state index contributed by atoms with van der Waals surface area (Å²) in [5, 5.41) is -1.00. The van der Waals surface area contributed by atoms with Crippen molar-refractivity contribution in [3.63, 3.8) is 0 Å². The summed E-state index contributed by atoms with van der Waals surface area (Å²) in [7, 11) is -3.19. The molecule has 1 aromatic rings. The fourth-order valence-electron chi connectivity index (χ4n) is 2.55. The zero-order valence-electron chi connectivity index (χ0n) is 10.5. The van der Waals surface area contributed by atoms with E-state index >= 15 is 0 Å². The van der Waals surface area contributed by atoms with Crippen molar-refractivity contribution in [1.29, 1.82) is 0 Å². The van der Waals surface area contributed by atoms with Crippen LogP contribution in [0.1, 0.15) is 37.7 Å². The van der Waals surface area contributed by atoms with Gasteiger partial charge in [-0.2, -0.15) is 0 Å². The van der Waals surface area contributed by atoms with Crippen LogP contribution in [0.2, 0.25) is 0 Å². The van der Waals surface area contributed by atoms with Crippen LogP contribution in [-0.2, 0) is 16.3 Å². The van der Waals surface area contributed by atoms with Crippen molar-refractivity contribution in [2.75, 3.05) is 0 Å². The van der Waals surface area contributed by atoms with Crippen molar-refractivity contribution < 1.29 is 8.42 Å². The van der Waals surface area contributed by atoms with E-state index in [0.717, 1.165) is 37.7 Å². The summed E-state index contributed by atoms with van der Waals surface area (Å²) >= 11 is 0. The van der Waals surface area contributed by atoms with Gasteiger partial charge in [-0.25, -0.2) is 8.42 Å². The third-order valence-corrected chi connectivity index (χ3v) is 6.07. The first-order chi connectivity index (χ1) is 8.60. The van der Waals surface area contributed by atoms with E-state index in [9.17, 15) is 8.42 Å². The molecule has 0 bridgehead atoms. The zero-order chi connectivity index (χ0) is 13.0. The second-order valence-electron chi connectivity index (χ2n) is 5.00. The van der Waals surface area contributed by atoms with E-state index in [2.05, 4.69) is 6.07 Å². The van der Waals surface area contributed by atoms with E-state index in [1.807, 2.05) is 12.1 Å². The van der Waals surface area contributed by atoms with Crippen LogP contribution in [0.5, 0.6) is 0 Å². The maximum Gasteiger partial charge on any atom is 0.169 e. The Morgan fingerprint density at radius 1 is 1.22 bits per heavy atom. The van der Waals surface area contributed by atoms with Gasteiger partial charge >= 0.3 is 0 Å². The Kier molecular flexibility index (Phi) is 4.40. The van der Waals surface area contributed by atoms with Gasteiger partial charge < -0.3 is 5.73 Å². The SMILES string of the molecule is NC(Cc1cc[c]cc1)S(=O)(=O)C1CCCCC1. The molecule has 0 heterocycles. The maximum atomic E-state index is 12.4. The molecule has 0 aliphatic heterocycles. The maximum absolute atomic E-state index is 12.4. The van der Waals surface area contributed by atoms with Gasteiger partial charge in [-0.05, 0) is 24.5 Å². The number of hydrogen-bond donors (Lipinski definition) is 1. The lowest BCUT2D eigenvalue weighted by atomic mass is 10.0. The normalized spacial score (nSPS) is 19.6. The molecule has 4 heteroatoms. The van der Waals surface area contributed by atoms with Crippen LogP contribution in [0, 0.1) is 6.07 Å². The Balaban J connectivity index is 2.05. The molecule has 99 valence electrons. The molecule has 3 nitrogen and oxygen atoms in total. The Morgan fingerprint density at radius 3 is 2.44 bits per heavy atom. The van der Waals surface area contributed by atoms with E-state index in [0.29, 0.717) is 6.42 Å². The molecule has 18 heavy (non-hydrogen) atoms. The van der Waals surface area contributed by atoms with E-state index in [-0.39, 0.29) is 5.25 Å². The highest BCUT2D eigenvalue weighted by Gasteiger charge is 2.32. The minimum absolute atomic E-state index is 0.225. The van der Waals surface area contributed by atoms with Gasteiger partial charge in [0.2, 0.25) is 0 Å². The largest absolute Gasteiger partial charge is 0.315 e. The van der Waals surface area contributed by atoms with Gasteiger partial charge in [-0.1, -0.05) is 43.5 Å². The molecular formula is C14H20NO2S. The Bertz CT molecular complexity index is 464. The molecule has 0 aromatic heterocycles. The standard InChI is InChI=1S/C14H20NO2S/c15-14(11-12-7-3-1-4-8-12)18(16,17)13-9-5-2-6-10-13/h3-4,7-8,13-14H,2,5-6,9-11,15H2. The summed E-state index contributed by atoms with van der Waals surface area (Å²) in [5.41, 5.74) is 6.88. The van der Waals surface area contributed by atoms with Gasteiger partial charge in [-0.15, -0.1) is 0 Å². The Hall–Kier alpha value is -0.870. The second-order valence-corrected chi connectivity index (χ2v) is 7.45. The van der Waals surface area contributed by atoms with Gasteiger partial charge in [0, 0.05) is 6.42 Å². The zero-order valence-corrected chi connectivity index (χ0v) is 11.3. The van der Waals surface area contributed by atoms with Gasteiger partial charge in [0.25, 0.3) is 0 Å². The number of rotatable bonds is 4. The highest BCUT2D eigenvalue weighted by molar-refractivity contribution is 7.92. The molecule has 1 aliphatic rings. The Labute approximate surface area is 109 Å². The number of nitrogens with two attached hydrogens (primary N) is 1. The molecule has 0 amide bonds. The minimum Gasteiger partial charge on any atom is -0.315 e. The molecule has 1 saturated carbocycles. The summed E-state index contributed by atoms with van der Waals surface area (Å²) in [6.07, 6.45) is 5.12. The van der Waals surface area contributed by atoms with Crippen molar-refractivity contribution in [2.24, 2.45) is 5.73 Å². The fraction of sp³-hybridized carbons (Fsp3) is 0.571. The predicted octanol–water partition coefficient (Wildman–Crippen LogP) is 2.06. The molecule has 0 saturated heterocycles. The van der Waals surface area contributed by atoms with Crippen LogP contribution in [-0.4, -0.2) is 19.0 Å². The van der Waals surface area contributed by atoms with Gasteiger partial charge in [0.05, 0.1) is 5.25 Å². The molecule has 1 unspecified atom stereocenters. The smallest absolute Gasteiger partial charge is 0.169 e. The van der Waals surface area contributed by atoms with Crippen molar-refractivity contribution in [1.82, 2.24) is 0 Å². The molecule has 1 aliphatic carbocycles. The molecule has 1 atom stereocenters. The topological polar surface area (TPSA) is 60.2 Å². The second kappa shape index (κ2) is 5.85. The van der Waals surface area contributed by atoms with Crippen molar-refractivity contribution in [2.45, 2.75) is 49.1 Å². The monoisotopic (exact) mass is 266 g/mol. The van der Waals surface area contributed by atoms with E-state index in [4.69, 9.17) is 5.73 Å². The molecule has 1 radical (unpaired) electrons. The summed E-state index contributed by atoms with van der Waals surface area (Å²) in [5.74, 6) is 0. The molecule has 1 fully saturated rings. The molecule has 0 spiro atoms. The molecular weight excluding hydrogens is 246 g/mol. The molecule has 1 aromatic carbocycles. The van der Waals surface area contributed by atoms with Crippen molar-refractivity contribution >= 4 is 9.84 Å². The third-order valence-electron chi connectivity index (χ3n) is 3.66.